The summed E-state index contributed by atoms with van der Waals surface area (Å²) in [5, 5.41) is 3.35. The van der Waals surface area contributed by atoms with Gasteiger partial charge in [0, 0.05) is 52.4 Å². The van der Waals surface area contributed by atoms with Gasteiger partial charge in [0.05, 0.1) is 6.54 Å². The summed E-state index contributed by atoms with van der Waals surface area (Å²) in [4.78, 5) is 30.5. The molecule has 2 saturated heterocycles. The molecule has 2 fully saturated rings. The van der Waals surface area contributed by atoms with E-state index < -0.39 is 0 Å². The van der Waals surface area contributed by atoms with Gasteiger partial charge in [-0.25, -0.2) is 0 Å². The summed E-state index contributed by atoms with van der Waals surface area (Å²) >= 11 is 3.18. The maximum absolute atomic E-state index is 12.5. The Morgan fingerprint density at radius 2 is 2.08 bits per heavy atom. The first-order valence-electron chi connectivity index (χ1n) is 8.28. The van der Waals surface area contributed by atoms with Crippen molar-refractivity contribution in [3.63, 3.8) is 0 Å². The molecule has 1 unspecified atom stereocenters. The molecular formula is C16H23BrN4O3. The number of hydrogen-bond donors (Lipinski definition) is 1. The van der Waals surface area contributed by atoms with Gasteiger partial charge in [-0.3, -0.25) is 14.5 Å². The quantitative estimate of drug-likeness (QED) is 0.804. The van der Waals surface area contributed by atoms with Crippen molar-refractivity contribution in [2.24, 2.45) is 0 Å². The Morgan fingerprint density at radius 1 is 1.33 bits per heavy atom. The van der Waals surface area contributed by atoms with Gasteiger partial charge in [-0.1, -0.05) is 0 Å². The van der Waals surface area contributed by atoms with Gasteiger partial charge in [-0.15, -0.1) is 0 Å². The molecule has 0 saturated carbocycles. The van der Waals surface area contributed by atoms with Gasteiger partial charge in [-0.2, -0.15) is 0 Å². The molecule has 0 bridgehead atoms. The minimum absolute atomic E-state index is 0.00546. The number of amides is 2. The number of hydrogen-bond acceptors (Lipinski definition) is 5. The minimum Gasteiger partial charge on any atom is -0.444 e. The Hall–Kier alpha value is -1.38. The highest BCUT2D eigenvalue weighted by Crippen LogP contribution is 2.18. The fourth-order valence-electron chi connectivity index (χ4n) is 3.31. The van der Waals surface area contributed by atoms with Crippen LogP contribution in [-0.2, 0) is 4.79 Å². The summed E-state index contributed by atoms with van der Waals surface area (Å²) in [5.41, 5.74) is 0. The Bertz CT molecular complexity index is 600. The average molecular weight is 399 g/mol. The molecule has 8 heteroatoms. The zero-order chi connectivity index (χ0) is 17.1. The molecule has 1 atom stereocenters. The third-order valence-electron chi connectivity index (χ3n) is 4.69. The van der Waals surface area contributed by atoms with Crippen LogP contribution >= 0.6 is 15.9 Å². The van der Waals surface area contributed by atoms with Crippen LogP contribution < -0.4 is 5.32 Å². The molecule has 0 spiro atoms. The van der Waals surface area contributed by atoms with Crippen LogP contribution in [0.2, 0.25) is 0 Å². The van der Waals surface area contributed by atoms with E-state index >= 15 is 0 Å². The topological polar surface area (TPSA) is 69.0 Å². The van der Waals surface area contributed by atoms with E-state index in [0.717, 1.165) is 45.7 Å². The van der Waals surface area contributed by atoms with Crippen molar-refractivity contribution in [3.05, 3.63) is 22.6 Å². The zero-order valence-electron chi connectivity index (χ0n) is 13.8. The number of piperazine rings is 1. The summed E-state index contributed by atoms with van der Waals surface area (Å²) in [7, 11) is 1.63. The van der Waals surface area contributed by atoms with Crippen molar-refractivity contribution in [1.29, 1.82) is 0 Å². The molecule has 0 radical (unpaired) electrons. The summed E-state index contributed by atoms with van der Waals surface area (Å²) in [5.74, 6) is -0.0571. The smallest absolute Gasteiger partial charge is 0.289 e. The van der Waals surface area contributed by atoms with Gasteiger partial charge in [0.25, 0.3) is 5.91 Å². The Morgan fingerprint density at radius 3 is 2.75 bits per heavy atom. The molecule has 1 N–H and O–H groups in total. The number of furan rings is 1. The molecular weight excluding hydrogens is 376 g/mol. The van der Waals surface area contributed by atoms with E-state index in [2.05, 4.69) is 26.1 Å². The van der Waals surface area contributed by atoms with Gasteiger partial charge in [-0.05, 0) is 34.5 Å². The molecule has 2 aliphatic heterocycles. The van der Waals surface area contributed by atoms with Crippen LogP contribution in [0.3, 0.4) is 0 Å². The Labute approximate surface area is 150 Å². The van der Waals surface area contributed by atoms with Crippen molar-refractivity contribution in [1.82, 2.24) is 20.0 Å². The van der Waals surface area contributed by atoms with E-state index in [1.165, 1.54) is 4.90 Å². The van der Waals surface area contributed by atoms with Crippen molar-refractivity contribution in [3.8, 4) is 0 Å². The van der Waals surface area contributed by atoms with Crippen LogP contribution in [0.5, 0.6) is 0 Å². The molecule has 1 aromatic heterocycles. The molecule has 24 heavy (non-hydrogen) atoms. The van der Waals surface area contributed by atoms with Crippen molar-refractivity contribution in [2.45, 2.75) is 12.5 Å². The number of halogens is 1. The minimum atomic E-state index is -0.285. The summed E-state index contributed by atoms with van der Waals surface area (Å²) < 4.78 is 5.76. The highest BCUT2D eigenvalue weighted by molar-refractivity contribution is 9.10. The second-order valence-electron chi connectivity index (χ2n) is 6.33. The highest BCUT2D eigenvalue weighted by atomic mass is 79.9. The van der Waals surface area contributed by atoms with Crippen LogP contribution in [0.25, 0.3) is 0 Å². The van der Waals surface area contributed by atoms with E-state index in [9.17, 15) is 9.59 Å². The first-order chi connectivity index (χ1) is 11.5. The lowest BCUT2D eigenvalue weighted by molar-refractivity contribution is -0.130. The standard InChI is InChI=1S/C16H23BrN4O3/c1-19(16(23)13-2-3-14(17)24-13)11-15(22)21-7-4-12(10-21)20-8-5-18-6-9-20/h2-3,12,18H,4-11H2,1H3. The van der Waals surface area contributed by atoms with Crippen molar-refractivity contribution < 1.29 is 14.0 Å². The summed E-state index contributed by atoms with van der Waals surface area (Å²) in [6, 6.07) is 3.71. The lowest BCUT2D eigenvalue weighted by Crippen LogP contribution is -2.49. The number of carbonyl (C=O) groups excluding carboxylic acids is 2. The van der Waals surface area contributed by atoms with Crippen molar-refractivity contribution >= 4 is 27.7 Å². The monoisotopic (exact) mass is 398 g/mol. The lowest BCUT2D eigenvalue weighted by atomic mass is 10.2. The predicted octanol–water partition coefficient (Wildman–Crippen LogP) is 0.620. The molecule has 2 amide bonds. The molecule has 0 aliphatic carbocycles. The zero-order valence-corrected chi connectivity index (χ0v) is 15.4. The number of likely N-dealkylation sites (N-methyl/N-ethyl adjacent to an activating group) is 1. The molecule has 1 aromatic rings. The number of carbonyl (C=O) groups is 2. The van der Waals surface area contributed by atoms with Gasteiger partial charge in [0.2, 0.25) is 5.91 Å². The maximum atomic E-state index is 12.5. The molecule has 132 valence electrons. The third kappa shape index (κ3) is 3.99. The molecule has 0 aromatic carbocycles. The van der Waals surface area contributed by atoms with E-state index in [-0.39, 0.29) is 24.1 Å². The Balaban J connectivity index is 1.50. The summed E-state index contributed by atoms with van der Waals surface area (Å²) in [6.45, 7) is 5.71. The molecule has 3 heterocycles. The van der Waals surface area contributed by atoms with Gasteiger partial charge in [0.1, 0.15) is 0 Å². The fraction of sp³-hybridized carbons (Fsp3) is 0.625. The largest absolute Gasteiger partial charge is 0.444 e. The van der Waals surface area contributed by atoms with Gasteiger partial charge < -0.3 is 19.5 Å². The number of rotatable bonds is 4. The van der Waals surface area contributed by atoms with E-state index in [1.807, 2.05) is 4.90 Å². The normalized spacial score (nSPS) is 21.9. The number of nitrogens with zero attached hydrogens (tertiary/aromatic N) is 3. The van der Waals surface area contributed by atoms with E-state index in [1.54, 1.807) is 19.2 Å². The van der Waals surface area contributed by atoms with Gasteiger partial charge in [0.15, 0.2) is 10.4 Å². The maximum Gasteiger partial charge on any atom is 0.289 e. The highest BCUT2D eigenvalue weighted by Gasteiger charge is 2.31. The average Bonchev–Trinajstić information content (AvgIpc) is 3.24. The van der Waals surface area contributed by atoms with Gasteiger partial charge >= 0.3 is 0 Å². The second kappa shape index (κ2) is 7.67. The van der Waals surface area contributed by atoms with Crippen LogP contribution in [0.15, 0.2) is 21.2 Å². The van der Waals surface area contributed by atoms with Crippen molar-refractivity contribution in [2.75, 3.05) is 52.9 Å². The fourth-order valence-corrected chi connectivity index (χ4v) is 3.61. The third-order valence-corrected chi connectivity index (χ3v) is 5.11. The van der Waals surface area contributed by atoms with Crippen LogP contribution in [0.1, 0.15) is 17.0 Å². The number of nitrogens with one attached hydrogen (secondary N) is 1. The molecule has 7 nitrogen and oxygen atoms in total. The first-order valence-corrected chi connectivity index (χ1v) is 9.07. The number of likely N-dealkylation sites (tertiary alicyclic amines) is 1. The Kier molecular flexibility index (Phi) is 5.57. The first kappa shape index (κ1) is 17.4. The van der Waals surface area contributed by atoms with Crippen LogP contribution in [0.4, 0.5) is 0 Å². The summed E-state index contributed by atoms with van der Waals surface area (Å²) in [6.07, 6.45) is 1.01. The van der Waals surface area contributed by atoms with Crippen LogP contribution in [0, 0.1) is 0 Å². The molecule has 2 aliphatic rings. The predicted molar refractivity (Wildman–Crippen MR) is 92.8 cm³/mol. The van der Waals surface area contributed by atoms with Crippen LogP contribution in [-0.4, -0.2) is 85.4 Å². The lowest BCUT2D eigenvalue weighted by Gasteiger charge is -2.32. The molecule has 3 rings (SSSR count). The van der Waals surface area contributed by atoms with E-state index in [0.29, 0.717) is 10.7 Å². The SMILES string of the molecule is CN(CC(=O)N1CCC(N2CCNCC2)C1)C(=O)c1ccc(Br)o1. The van der Waals surface area contributed by atoms with E-state index in [4.69, 9.17) is 4.42 Å². The second-order valence-corrected chi connectivity index (χ2v) is 7.11.